The van der Waals surface area contributed by atoms with Crippen LogP contribution in [0.4, 0.5) is 15.8 Å². The van der Waals surface area contributed by atoms with Crippen LogP contribution in [0.25, 0.3) is 10.9 Å². The molecule has 1 fully saturated rings. The number of halogens is 1. The summed E-state index contributed by atoms with van der Waals surface area (Å²) in [5, 5.41) is 9.24. The molecule has 0 aliphatic carbocycles. The molecule has 0 atom stereocenters. The van der Waals surface area contributed by atoms with Gasteiger partial charge in [0, 0.05) is 36.4 Å². The van der Waals surface area contributed by atoms with Crippen LogP contribution in [0, 0.1) is 11.2 Å². The Kier molecular flexibility index (Phi) is 6.80. The number of nitrogens with one attached hydrogen (secondary N) is 3. The molecule has 2 heterocycles. The highest BCUT2D eigenvalue weighted by Gasteiger charge is 2.51. The minimum absolute atomic E-state index is 0.158. The lowest BCUT2D eigenvalue weighted by atomic mass is 9.79. The molecule has 0 bridgehead atoms. The Morgan fingerprint density at radius 1 is 0.868 bits per heavy atom. The monoisotopic (exact) mass is 516 g/mol. The molecule has 10 heteroatoms. The summed E-state index contributed by atoms with van der Waals surface area (Å²) in [6.45, 7) is 0.316. The second-order valence-electron chi connectivity index (χ2n) is 8.73. The average Bonchev–Trinajstić information content (AvgIpc) is 2.90. The number of carbonyl (C=O) groups excluding carboxylic acids is 2. The highest BCUT2D eigenvalue weighted by molar-refractivity contribution is 6.16. The summed E-state index contributed by atoms with van der Waals surface area (Å²) >= 11 is 0. The van der Waals surface area contributed by atoms with Gasteiger partial charge in [0.25, 0.3) is 0 Å². The summed E-state index contributed by atoms with van der Waals surface area (Å²) < 4.78 is 30.3. The Morgan fingerprint density at radius 2 is 1.55 bits per heavy atom. The smallest absolute Gasteiger partial charge is 0.242 e. The lowest BCUT2D eigenvalue weighted by molar-refractivity contribution is -0.140. The number of pyridine rings is 1. The zero-order valence-electron chi connectivity index (χ0n) is 20.7. The number of hydrogen-bond acceptors (Lipinski definition) is 7. The van der Waals surface area contributed by atoms with Crippen LogP contribution < -0.4 is 30.2 Å². The normalized spacial score (nSPS) is 13.8. The molecule has 0 unspecified atom stereocenters. The number of fused-ring (bicyclic) bond motifs is 1. The lowest BCUT2D eigenvalue weighted by Crippen LogP contribution is -2.65. The van der Waals surface area contributed by atoms with Crippen LogP contribution in [0.3, 0.4) is 0 Å². The number of anilines is 2. The molecule has 0 saturated carbocycles. The maximum atomic E-state index is 13.4. The van der Waals surface area contributed by atoms with Crippen LogP contribution in [0.1, 0.15) is 0 Å². The number of ether oxygens (including phenoxy) is 3. The van der Waals surface area contributed by atoms with Gasteiger partial charge in [-0.25, -0.2) is 4.39 Å². The lowest BCUT2D eigenvalue weighted by Gasteiger charge is -2.39. The van der Waals surface area contributed by atoms with E-state index in [1.165, 1.54) is 24.3 Å². The van der Waals surface area contributed by atoms with Crippen LogP contribution in [0.5, 0.6) is 23.0 Å². The van der Waals surface area contributed by atoms with Crippen molar-refractivity contribution in [3.63, 3.8) is 0 Å². The van der Waals surface area contributed by atoms with E-state index in [1.807, 2.05) is 0 Å². The molecule has 4 aromatic rings. The third-order valence-corrected chi connectivity index (χ3v) is 6.39. The van der Waals surface area contributed by atoms with Gasteiger partial charge in [-0.05, 0) is 48.5 Å². The Morgan fingerprint density at radius 3 is 2.24 bits per heavy atom. The van der Waals surface area contributed by atoms with Crippen LogP contribution in [-0.2, 0) is 9.59 Å². The van der Waals surface area contributed by atoms with E-state index in [0.29, 0.717) is 45.3 Å². The molecule has 1 saturated heterocycles. The molecule has 0 spiro atoms. The van der Waals surface area contributed by atoms with E-state index in [-0.39, 0.29) is 13.1 Å². The van der Waals surface area contributed by atoms with Gasteiger partial charge >= 0.3 is 0 Å². The van der Waals surface area contributed by atoms with Crippen molar-refractivity contribution in [2.75, 3.05) is 37.9 Å². The number of carbonyl (C=O) groups is 2. The molecule has 9 nitrogen and oxygen atoms in total. The molecular formula is C28H25FN4O5. The third-order valence-electron chi connectivity index (χ3n) is 6.39. The van der Waals surface area contributed by atoms with Gasteiger partial charge in [-0.2, -0.15) is 0 Å². The number of rotatable bonds is 8. The molecule has 1 aliphatic heterocycles. The number of amides is 2. The zero-order chi connectivity index (χ0) is 26.7. The molecule has 1 aromatic heterocycles. The largest absolute Gasteiger partial charge is 0.493 e. The maximum absolute atomic E-state index is 13.4. The fourth-order valence-electron chi connectivity index (χ4n) is 4.14. The summed E-state index contributed by atoms with van der Waals surface area (Å²) in [5.74, 6) is 0.535. The highest BCUT2D eigenvalue weighted by atomic mass is 19.1. The van der Waals surface area contributed by atoms with E-state index in [1.54, 1.807) is 62.9 Å². The molecule has 0 radical (unpaired) electrons. The van der Waals surface area contributed by atoms with Crippen molar-refractivity contribution in [2.24, 2.45) is 5.41 Å². The predicted octanol–water partition coefficient (Wildman–Crippen LogP) is 4.35. The van der Waals surface area contributed by atoms with Crippen molar-refractivity contribution in [1.29, 1.82) is 0 Å². The first kappa shape index (κ1) is 25.0. The fraction of sp³-hybridized carbons (Fsp3) is 0.179. The van der Waals surface area contributed by atoms with Crippen LogP contribution in [0.15, 0.2) is 72.9 Å². The van der Waals surface area contributed by atoms with E-state index >= 15 is 0 Å². The van der Waals surface area contributed by atoms with E-state index < -0.39 is 23.0 Å². The molecule has 5 rings (SSSR count). The van der Waals surface area contributed by atoms with Crippen molar-refractivity contribution >= 4 is 34.1 Å². The van der Waals surface area contributed by atoms with E-state index in [9.17, 15) is 14.0 Å². The van der Waals surface area contributed by atoms with Crippen molar-refractivity contribution in [3.05, 3.63) is 78.7 Å². The molecule has 2 amide bonds. The highest BCUT2D eigenvalue weighted by Crippen LogP contribution is 2.39. The molecule has 3 aromatic carbocycles. The standard InChI is InChI=1S/C28H25FN4O5/c1-36-24-13-19-21(14-25(24)37-2)31-12-11-22(19)38-23-6-4-3-5-20(23)33-27(35)28(15-30-16-28)26(34)32-18-9-7-17(29)8-10-18/h3-14,30H,15-16H2,1-2H3,(H,32,34)(H,33,35). The second kappa shape index (κ2) is 10.3. The van der Waals surface area contributed by atoms with Gasteiger partial charge in [0.2, 0.25) is 11.8 Å². The average molecular weight is 517 g/mol. The number of para-hydroxylation sites is 2. The van der Waals surface area contributed by atoms with Gasteiger partial charge in [0.05, 0.1) is 25.4 Å². The topological polar surface area (TPSA) is 111 Å². The van der Waals surface area contributed by atoms with E-state index in [0.717, 1.165) is 0 Å². The Labute approximate surface area is 217 Å². The second-order valence-corrected chi connectivity index (χ2v) is 8.73. The van der Waals surface area contributed by atoms with Gasteiger partial charge in [-0.15, -0.1) is 0 Å². The zero-order valence-corrected chi connectivity index (χ0v) is 20.7. The van der Waals surface area contributed by atoms with Gasteiger partial charge in [0.15, 0.2) is 22.7 Å². The number of benzene rings is 3. The summed E-state index contributed by atoms with van der Waals surface area (Å²) in [6.07, 6.45) is 1.61. The molecular weight excluding hydrogens is 491 g/mol. The summed E-state index contributed by atoms with van der Waals surface area (Å²) in [7, 11) is 3.09. The number of hydrogen-bond donors (Lipinski definition) is 3. The van der Waals surface area contributed by atoms with Crippen LogP contribution in [0.2, 0.25) is 0 Å². The van der Waals surface area contributed by atoms with Crippen molar-refractivity contribution in [3.8, 4) is 23.0 Å². The van der Waals surface area contributed by atoms with E-state index in [4.69, 9.17) is 14.2 Å². The number of aromatic nitrogens is 1. The SMILES string of the molecule is COc1cc2nccc(Oc3ccccc3NC(=O)C3(C(=O)Nc4ccc(F)cc4)CNC3)c2cc1OC. The summed E-state index contributed by atoms with van der Waals surface area (Å²) in [4.78, 5) is 30.9. The first-order valence-corrected chi connectivity index (χ1v) is 11.8. The molecule has 38 heavy (non-hydrogen) atoms. The molecule has 3 N–H and O–H groups in total. The van der Waals surface area contributed by atoms with Gasteiger partial charge in [-0.1, -0.05) is 12.1 Å². The predicted molar refractivity (Wildman–Crippen MR) is 140 cm³/mol. The van der Waals surface area contributed by atoms with Crippen molar-refractivity contribution in [2.45, 2.75) is 0 Å². The quantitative estimate of drug-likeness (QED) is 0.299. The van der Waals surface area contributed by atoms with Gasteiger partial charge < -0.3 is 30.2 Å². The van der Waals surface area contributed by atoms with E-state index in [2.05, 4.69) is 20.9 Å². The third kappa shape index (κ3) is 4.69. The van der Waals surface area contributed by atoms with Crippen molar-refractivity contribution in [1.82, 2.24) is 10.3 Å². The van der Waals surface area contributed by atoms with Gasteiger partial charge in [0.1, 0.15) is 11.6 Å². The fourth-order valence-corrected chi connectivity index (χ4v) is 4.14. The van der Waals surface area contributed by atoms with Crippen molar-refractivity contribution < 1.29 is 28.2 Å². The summed E-state index contributed by atoms with van der Waals surface area (Å²) in [5.41, 5.74) is 0.0904. The minimum Gasteiger partial charge on any atom is -0.493 e. The Balaban J connectivity index is 1.40. The first-order chi connectivity index (χ1) is 18.4. The Hall–Kier alpha value is -4.70. The van der Waals surface area contributed by atoms with Crippen LogP contribution >= 0.6 is 0 Å². The Bertz CT molecular complexity index is 1510. The first-order valence-electron chi connectivity index (χ1n) is 11.8. The summed E-state index contributed by atoms with van der Waals surface area (Å²) in [6, 6.07) is 17.5. The molecule has 1 aliphatic rings. The maximum Gasteiger partial charge on any atom is 0.242 e. The van der Waals surface area contributed by atoms with Gasteiger partial charge in [-0.3, -0.25) is 14.6 Å². The number of methoxy groups -OCH3 is 2. The number of nitrogens with zero attached hydrogens (tertiary/aromatic N) is 1. The molecule has 194 valence electrons. The minimum atomic E-state index is -1.34. The van der Waals surface area contributed by atoms with Crippen LogP contribution in [-0.4, -0.2) is 44.1 Å².